The highest BCUT2D eigenvalue weighted by atomic mass is 16.5. The largest absolute Gasteiger partial charge is 0.484 e. The molecular formula is C25H29N3O3. The summed E-state index contributed by atoms with van der Waals surface area (Å²) in [6, 6.07) is 7.83. The lowest BCUT2D eigenvalue weighted by atomic mass is 10.1. The number of carbonyl (C=O) groups excluding carboxylic acids is 1. The molecule has 31 heavy (non-hydrogen) atoms. The van der Waals surface area contributed by atoms with Crippen LogP contribution in [0.4, 0.5) is 0 Å². The molecule has 0 aliphatic heterocycles. The summed E-state index contributed by atoms with van der Waals surface area (Å²) in [5.41, 5.74) is 2.98. The van der Waals surface area contributed by atoms with Gasteiger partial charge in [0.2, 0.25) is 11.7 Å². The number of benzene rings is 1. The lowest BCUT2D eigenvalue weighted by Crippen LogP contribution is -2.39. The van der Waals surface area contributed by atoms with E-state index in [1.54, 1.807) is 4.90 Å². The molecule has 6 nitrogen and oxygen atoms in total. The Bertz CT molecular complexity index is 997. The summed E-state index contributed by atoms with van der Waals surface area (Å²) in [6.07, 6.45) is 11.6. The van der Waals surface area contributed by atoms with Gasteiger partial charge < -0.3 is 14.2 Å². The SMILES string of the molecule is C=C1C=CC=C(c2noc(CN(C(=O)COc3ccc(CCC)cc3)C(C)C)n2)C=C1. The van der Waals surface area contributed by atoms with Crippen LogP contribution in [0.2, 0.25) is 0 Å². The summed E-state index contributed by atoms with van der Waals surface area (Å²) < 4.78 is 11.1. The Balaban J connectivity index is 1.62. The van der Waals surface area contributed by atoms with Gasteiger partial charge in [0.1, 0.15) is 12.3 Å². The van der Waals surface area contributed by atoms with Crippen molar-refractivity contribution in [2.45, 2.75) is 46.2 Å². The monoisotopic (exact) mass is 419 g/mol. The molecule has 162 valence electrons. The average molecular weight is 420 g/mol. The van der Waals surface area contributed by atoms with Crippen molar-refractivity contribution in [1.82, 2.24) is 15.0 Å². The van der Waals surface area contributed by atoms with E-state index in [-0.39, 0.29) is 25.1 Å². The van der Waals surface area contributed by atoms with E-state index in [1.807, 2.05) is 68.5 Å². The fourth-order valence-corrected chi connectivity index (χ4v) is 3.14. The second-order valence-electron chi connectivity index (χ2n) is 7.70. The smallest absolute Gasteiger partial charge is 0.261 e. The highest BCUT2D eigenvalue weighted by Crippen LogP contribution is 2.18. The summed E-state index contributed by atoms with van der Waals surface area (Å²) in [7, 11) is 0. The van der Waals surface area contributed by atoms with Crippen molar-refractivity contribution in [3.8, 4) is 5.75 Å². The van der Waals surface area contributed by atoms with Gasteiger partial charge in [-0.15, -0.1) is 0 Å². The number of hydrogen-bond donors (Lipinski definition) is 0. The third kappa shape index (κ3) is 6.28. The number of carbonyl (C=O) groups is 1. The van der Waals surface area contributed by atoms with Gasteiger partial charge in [-0.1, -0.05) is 67.6 Å². The van der Waals surface area contributed by atoms with Crippen molar-refractivity contribution in [3.63, 3.8) is 0 Å². The fourth-order valence-electron chi connectivity index (χ4n) is 3.14. The minimum absolute atomic E-state index is 0.0402. The highest BCUT2D eigenvalue weighted by Gasteiger charge is 2.21. The van der Waals surface area contributed by atoms with Crippen LogP contribution in [0.15, 0.2) is 71.3 Å². The zero-order valence-corrected chi connectivity index (χ0v) is 18.4. The first-order valence-corrected chi connectivity index (χ1v) is 10.6. The van der Waals surface area contributed by atoms with Crippen LogP contribution >= 0.6 is 0 Å². The summed E-state index contributed by atoms with van der Waals surface area (Å²) in [5, 5.41) is 4.06. The zero-order valence-electron chi connectivity index (χ0n) is 18.4. The Kier molecular flexibility index (Phi) is 7.60. The first-order chi connectivity index (χ1) is 15.0. The van der Waals surface area contributed by atoms with Crippen molar-refractivity contribution >= 4 is 11.5 Å². The Labute approximate surface area is 183 Å². The summed E-state index contributed by atoms with van der Waals surface area (Å²) >= 11 is 0. The lowest BCUT2D eigenvalue weighted by Gasteiger charge is -2.25. The third-order valence-electron chi connectivity index (χ3n) is 4.86. The van der Waals surface area contributed by atoms with Crippen molar-refractivity contribution in [1.29, 1.82) is 0 Å². The molecule has 1 heterocycles. The van der Waals surface area contributed by atoms with Crippen LogP contribution in [-0.2, 0) is 17.8 Å². The number of aromatic nitrogens is 2. The number of nitrogens with zero attached hydrogens (tertiary/aromatic N) is 3. The van der Waals surface area contributed by atoms with Gasteiger partial charge in [-0.2, -0.15) is 4.98 Å². The van der Waals surface area contributed by atoms with E-state index in [9.17, 15) is 4.79 Å². The van der Waals surface area contributed by atoms with Crippen LogP contribution in [0.5, 0.6) is 5.75 Å². The molecule has 0 saturated carbocycles. The van der Waals surface area contributed by atoms with Gasteiger partial charge in [0.25, 0.3) is 5.91 Å². The molecule has 1 amide bonds. The van der Waals surface area contributed by atoms with Crippen LogP contribution in [0.3, 0.4) is 0 Å². The fraction of sp³-hybridized carbons (Fsp3) is 0.320. The predicted molar refractivity (Wildman–Crippen MR) is 121 cm³/mol. The summed E-state index contributed by atoms with van der Waals surface area (Å²) in [6.45, 7) is 10.1. The number of ether oxygens (including phenoxy) is 1. The molecule has 0 radical (unpaired) electrons. The van der Waals surface area contributed by atoms with E-state index in [1.165, 1.54) is 5.56 Å². The molecule has 1 aliphatic carbocycles. The van der Waals surface area contributed by atoms with Crippen LogP contribution in [0.1, 0.15) is 44.5 Å². The molecule has 1 aromatic carbocycles. The molecule has 0 atom stereocenters. The number of rotatable bonds is 9. The molecular weight excluding hydrogens is 390 g/mol. The third-order valence-corrected chi connectivity index (χ3v) is 4.86. The van der Waals surface area contributed by atoms with Gasteiger partial charge in [0, 0.05) is 11.6 Å². The second kappa shape index (κ2) is 10.6. The van der Waals surface area contributed by atoms with Gasteiger partial charge >= 0.3 is 0 Å². The maximum atomic E-state index is 12.8. The topological polar surface area (TPSA) is 68.5 Å². The minimum Gasteiger partial charge on any atom is -0.484 e. The van der Waals surface area contributed by atoms with E-state index in [4.69, 9.17) is 9.26 Å². The van der Waals surface area contributed by atoms with Crippen molar-refractivity contribution in [2.24, 2.45) is 0 Å². The Morgan fingerprint density at radius 1 is 1.19 bits per heavy atom. The first-order valence-electron chi connectivity index (χ1n) is 10.6. The second-order valence-corrected chi connectivity index (χ2v) is 7.70. The Morgan fingerprint density at radius 3 is 2.68 bits per heavy atom. The number of hydrogen-bond acceptors (Lipinski definition) is 5. The van der Waals surface area contributed by atoms with E-state index >= 15 is 0 Å². The normalized spacial score (nSPS) is 13.3. The molecule has 0 bridgehead atoms. The molecule has 6 heteroatoms. The minimum atomic E-state index is -0.139. The van der Waals surface area contributed by atoms with Crippen molar-refractivity contribution in [3.05, 3.63) is 84.1 Å². The molecule has 1 aromatic heterocycles. The van der Waals surface area contributed by atoms with Crippen LogP contribution in [0, 0.1) is 0 Å². The molecule has 0 fully saturated rings. The van der Waals surface area contributed by atoms with Gasteiger partial charge in [0.15, 0.2) is 6.61 Å². The van der Waals surface area contributed by atoms with Gasteiger partial charge in [-0.25, -0.2) is 0 Å². The van der Waals surface area contributed by atoms with Crippen LogP contribution < -0.4 is 4.74 Å². The standard InChI is InChI=1S/C25H29N3O3/c1-5-7-20-11-14-22(15-12-20)30-17-24(29)28(18(2)3)16-23-26-25(27-31-23)21-9-6-8-19(4)10-13-21/h6,8-15,18H,4-5,7,16-17H2,1-3H3. The number of allylic oxidation sites excluding steroid dienone is 7. The maximum Gasteiger partial charge on any atom is 0.261 e. The quantitative estimate of drug-likeness (QED) is 0.578. The first kappa shape index (κ1) is 22.3. The average Bonchev–Trinajstić information content (AvgIpc) is 3.11. The van der Waals surface area contributed by atoms with E-state index in [0.29, 0.717) is 17.5 Å². The lowest BCUT2D eigenvalue weighted by molar-refractivity contribution is -0.136. The van der Waals surface area contributed by atoms with E-state index < -0.39 is 0 Å². The van der Waals surface area contributed by atoms with Gasteiger partial charge in [-0.05, 0) is 43.5 Å². The molecule has 0 spiro atoms. The van der Waals surface area contributed by atoms with E-state index in [0.717, 1.165) is 24.0 Å². The van der Waals surface area contributed by atoms with Gasteiger partial charge in [-0.3, -0.25) is 4.79 Å². The Morgan fingerprint density at radius 2 is 1.97 bits per heavy atom. The number of amides is 1. The van der Waals surface area contributed by atoms with Crippen LogP contribution in [-0.4, -0.2) is 33.6 Å². The number of aryl methyl sites for hydroxylation is 1. The van der Waals surface area contributed by atoms with Crippen molar-refractivity contribution < 1.29 is 14.1 Å². The molecule has 0 saturated heterocycles. The molecule has 1 aliphatic rings. The highest BCUT2D eigenvalue weighted by molar-refractivity contribution is 5.78. The van der Waals surface area contributed by atoms with Gasteiger partial charge in [0.05, 0.1) is 0 Å². The van der Waals surface area contributed by atoms with Crippen LogP contribution in [0.25, 0.3) is 5.57 Å². The molecule has 3 rings (SSSR count). The summed E-state index contributed by atoms with van der Waals surface area (Å²) in [4.78, 5) is 18.9. The zero-order chi connectivity index (χ0) is 22.2. The Hall–Kier alpha value is -3.41. The molecule has 2 aromatic rings. The predicted octanol–water partition coefficient (Wildman–Crippen LogP) is 4.90. The van der Waals surface area contributed by atoms with Crippen molar-refractivity contribution in [2.75, 3.05) is 6.61 Å². The summed E-state index contributed by atoms with van der Waals surface area (Å²) in [5.74, 6) is 1.39. The molecule has 0 unspecified atom stereocenters. The molecule has 0 N–H and O–H groups in total. The maximum absolute atomic E-state index is 12.8. The van der Waals surface area contributed by atoms with E-state index in [2.05, 4.69) is 23.6 Å².